The van der Waals surface area contributed by atoms with E-state index < -0.39 is 20.2 Å². The van der Waals surface area contributed by atoms with Crippen LogP contribution in [0.15, 0.2) is 66.9 Å². The minimum Gasteiger partial charge on any atom is -0.465 e. The first-order chi connectivity index (χ1) is 25.0. The molecular weight excluding hydrogens is 699 g/mol. The average Bonchev–Trinajstić information content (AvgIpc) is 3.79. The SMILES string of the molecule is CC(C)(C)[Si](OC[C@H]1CC[C@@]2(COc3nc(N4CC5CCC(C4)N5C(=O)O)c4cnc(Cl)c(F)c4n3)CCCN12)(c1ccccc1)c1ccccc1. The fourth-order valence-electron chi connectivity index (χ4n) is 9.66. The van der Waals surface area contributed by atoms with E-state index in [2.05, 4.69) is 96.3 Å². The third kappa shape index (κ3) is 5.91. The number of benzene rings is 2. The second-order valence-corrected chi connectivity index (χ2v) is 20.6. The summed E-state index contributed by atoms with van der Waals surface area (Å²) < 4.78 is 29.4. The minimum atomic E-state index is -2.70. The van der Waals surface area contributed by atoms with Crippen molar-refractivity contribution < 1.29 is 23.5 Å². The van der Waals surface area contributed by atoms with Gasteiger partial charge in [-0.3, -0.25) is 9.80 Å². The molecule has 4 aliphatic heterocycles. The quantitative estimate of drug-likeness (QED) is 0.161. The second kappa shape index (κ2) is 13.5. The predicted molar refractivity (Wildman–Crippen MR) is 202 cm³/mol. The van der Waals surface area contributed by atoms with E-state index in [1.807, 2.05) is 4.90 Å². The van der Waals surface area contributed by atoms with Gasteiger partial charge in [-0.2, -0.15) is 9.97 Å². The highest BCUT2D eigenvalue weighted by Gasteiger charge is 2.54. The molecule has 0 radical (unpaired) electrons. The fourth-order valence-corrected chi connectivity index (χ4v) is 14.4. The number of piperazine rings is 1. The maximum Gasteiger partial charge on any atom is 0.407 e. The van der Waals surface area contributed by atoms with Gasteiger partial charge in [0.1, 0.15) is 17.9 Å². The molecule has 6 heterocycles. The van der Waals surface area contributed by atoms with E-state index in [0.29, 0.717) is 37.5 Å². The number of hydrogen-bond acceptors (Lipinski definition) is 8. The molecule has 1 amide bonds. The van der Waals surface area contributed by atoms with Gasteiger partial charge in [-0.15, -0.1) is 0 Å². The summed E-state index contributed by atoms with van der Waals surface area (Å²) in [7, 11) is -2.70. The zero-order valence-electron chi connectivity index (χ0n) is 30.0. The summed E-state index contributed by atoms with van der Waals surface area (Å²) in [5.74, 6) is -0.226. The molecular formula is C39H46ClFN6O4Si. The third-order valence-corrected chi connectivity index (χ3v) is 17.3. The number of rotatable bonds is 9. The molecule has 0 saturated carbocycles. The van der Waals surface area contributed by atoms with Gasteiger partial charge in [0, 0.05) is 25.3 Å². The Bertz CT molecular complexity index is 1900. The molecule has 274 valence electrons. The summed E-state index contributed by atoms with van der Waals surface area (Å²) in [4.78, 5) is 31.6. The van der Waals surface area contributed by atoms with Crippen LogP contribution in [0.25, 0.3) is 10.9 Å². The highest BCUT2D eigenvalue weighted by Crippen LogP contribution is 2.45. The molecule has 13 heteroatoms. The highest BCUT2D eigenvalue weighted by molar-refractivity contribution is 6.99. The lowest BCUT2D eigenvalue weighted by Gasteiger charge is -2.44. The van der Waals surface area contributed by atoms with Gasteiger partial charge >= 0.3 is 12.1 Å². The van der Waals surface area contributed by atoms with Crippen LogP contribution in [-0.4, -0.2) is 101 Å². The molecule has 0 aliphatic carbocycles. The largest absolute Gasteiger partial charge is 0.465 e. The van der Waals surface area contributed by atoms with Gasteiger partial charge in [0.05, 0.1) is 29.6 Å². The van der Waals surface area contributed by atoms with E-state index in [1.165, 1.54) is 16.6 Å². The molecule has 4 saturated heterocycles. The number of carboxylic acid groups (broad SMARTS) is 1. The number of carbonyl (C=O) groups is 1. The number of ether oxygens (including phenoxy) is 1. The Morgan fingerprint density at radius 3 is 2.27 bits per heavy atom. The molecule has 10 nitrogen and oxygen atoms in total. The standard InChI is InChI=1S/C39H46ClFN6O4Si/c1-38(2,3)52(29-11-6-4-7-12-29,30-13-8-5-9-14-30)51-24-28-17-19-39(18-10-20-46(28)39)25-50-36-43-33-31(21-42-34(40)32(33)41)35(44-36)45-22-26-15-16-27(23-45)47(26)37(48)49/h4-9,11-14,21,26-28H,10,15-20,22-25H2,1-3H3,(H,48,49)/t26?,27?,28-,39-/m1/s1. The van der Waals surface area contributed by atoms with E-state index in [0.717, 1.165) is 45.1 Å². The molecule has 2 aromatic heterocycles. The molecule has 4 aromatic rings. The Hall–Kier alpha value is -3.84. The average molecular weight is 745 g/mol. The lowest BCUT2D eigenvalue weighted by molar-refractivity contribution is 0.0670. The predicted octanol–water partition coefficient (Wildman–Crippen LogP) is 6.10. The van der Waals surface area contributed by atoms with Crippen LogP contribution in [0.5, 0.6) is 6.01 Å². The molecule has 1 N–H and O–H groups in total. The van der Waals surface area contributed by atoms with Gasteiger partial charge < -0.3 is 19.2 Å². The molecule has 2 aromatic carbocycles. The molecule has 2 bridgehead atoms. The van der Waals surface area contributed by atoms with Crippen molar-refractivity contribution in [2.24, 2.45) is 0 Å². The van der Waals surface area contributed by atoms with Crippen molar-refractivity contribution in [1.29, 1.82) is 0 Å². The molecule has 4 atom stereocenters. The maximum absolute atomic E-state index is 15.5. The molecule has 0 spiro atoms. The van der Waals surface area contributed by atoms with Crippen molar-refractivity contribution in [3.63, 3.8) is 0 Å². The van der Waals surface area contributed by atoms with Crippen LogP contribution in [0.4, 0.5) is 15.0 Å². The minimum absolute atomic E-state index is 0.0526. The summed E-state index contributed by atoms with van der Waals surface area (Å²) in [6.45, 7) is 9.76. The molecule has 8 rings (SSSR count). The Kier molecular flexibility index (Phi) is 9.16. The van der Waals surface area contributed by atoms with Crippen molar-refractivity contribution in [3.05, 3.63) is 77.8 Å². The Morgan fingerprint density at radius 2 is 1.65 bits per heavy atom. The summed E-state index contributed by atoms with van der Waals surface area (Å²) >= 11 is 6.14. The summed E-state index contributed by atoms with van der Waals surface area (Å²) in [6.07, 6.45) is 6.11. The van der Waals surface area contributed by atoms with Gasteiger partial charge in [-0.25, -0.2) is 14.2 Å². The first-order valence-electron chi connectivity index (χ1n) is 18.4. The number of fused-ring (bicyclic) bond motifs is 4. The van der Waals surface area contributed by atoms with Crippen LogP contribution in [0.1, 0.15) is 59.3 Å². The van der Waals surface area contributed by atoms with Crippen LogP contribution in [0, 0.1) is 5.82 Å². The number of aromatic nitrogens is 3. The van der Waals surface area contributed by atoms with Crippen molar-refractivity contribution in [1.82, 2.24) is 24.8 Å². The second-order valence-electron chi connectivity index (χ2n) is 15.9. The van der Waals surface area contributed by atoms with E-state index in [4.69, 9.17) is 25.7 Å². The summed E-state index contributed by atoms with van der Waals surface area (Å²) in [5.41, 5.74) is -0.157. The summed E-state index contributed by atoms with van der Waals surface area (Å²) in [6, 6.07) is 21.5. The number of hydrogen-bond donors (Lipinski definition) is 1. The Labute approximate surface area is 310 Å². The highest BCUT2D eigenvalue weighted by atomic mass is 35.5. The molecule has 4 aliphatic rings. The topological polar surface area (TPSA) is 104 Å². The van der Waals surface area contributed by atoms with Crippen molar-refractivity contribution in [2.45, 2.75) is 88.0 Å². The monoisotopic (exact) mass is 744 g/mol. The summed E-state index contributed by atoms with van der Waals surface area (Å²) in [5, 5.41) is 12.4. The fraction of sp³-hybridized carbons (Fsp3) is 0.487. The first kappa shape index (κ1) is 35.2. The number of anilines is 1. The number of halogens is 2. The van der Waals surface area contributed by atoms with Crippen LogP contribution in [0.2, 0.25) is 10.2 Å². The van der Waals surface area contributed by atoms with Crippen LogP contribution in [-0.2, 0) is 4.43 Å². The van der Waals surface area contributed by atoms with Gasteiger partial charge in [0.2, 0.25) is 0 Å². The normalized spacial score (nSPS) is 24.8. The van der Waals surface area contributed by atoms with Crippen LogP contribution in [0.3, 0.4) is 0 Å². The van der Waals surface area contributed by atoms with Crippen LogP contribution < -0.4 is 20.0 Å². The Balaban J connectivity index is 1.05. The van der Waals surface area contributed by atoms with Gasteiger partial charge in [0.15, 0.2) is 11.0 Å². The van der Waals surface area contributed by atoms with E-state index in [9.17, 15) is 9.90 Å². The van der Waals surface area contributed by atoms with E-state index in [1.54, 1.807) is 4.90 Å². The maximum atomic E-state index is 15.5. The number of amides is 1. The molecule has 4 fully saturated rings. The van der Waals surface area contributed by atoms with Crippen molar-refractivity contribution in [3.8, 4) is 6.01 Å². The van der Waals surface area contributed by atoms with Gasteiger partial charge in [-0.1, -0.05) is 93.0 Å². The zero-order valence-corrected chi connectivity index (χ0v) is 31.7. The van der Waals surface area contributed by atoms with Crippen molar-refractivity contribution >= 4 is 53.1 Å². The zero-order chi connectivity index (χ0) is 36.3. The lowest BCUT2D eigenvalue weighted by Crippen LogP contribution is -2.67. The van der Waals surface area contributed by atoms with E-state index >= 15 is 4.39 Å². The molecule has 52 heavy (non-hydrogen) atoms. The molecule has 2 unspecified atom stereocenters. The number of pyridine rings is 1. The van der Waals surface area contributed by atoms with Gasteiger partial charge in [0.25, 0.3) is 8.32 Å². The first-order valence-corrected chi connectivity index (χ1v) is 20.7. The van der Waals surface area contributed by atoms with Gasteiger partial charge in [-0.05, 0) is 60.5 Å². The van der Waals surface area contributed by atoms with Crippen molar-refractivity contribution in [2.75, 3.05) is 37.7 Å². The van der Waals surface area contributed by atoms with Crippen LogP contribution >= 0.6 is 11.6 Å². The Morgan fingerprint density at radius 1 is 1.00 bits per heavy atom. The van der Waals surface area contributed by atoms with E-state index in [-0.39, 0.29) is 45.4 Å². The smallest absolute Gasteiger partial charge is 0.407 e. The lowest BCUT2D eigenvalue weighted by atomic mass is 9.95. The third-order valence-electron chi connectivity index (χ3n) is 12.0. The number of nitrogens with zero attached hydrogens (tertiary/aromatic N) is 6.